The van der Waals surface area contributed by atoms with Gasteiger partial charge < -0.3 is 10.4 Å². The molecule has 0 aliphatic heterocycles. The highest BCUT2D eigenvalue weighted by Crippen LogP contribution is 2.03. The standard InChI is InChI=1S/C12H14FNO3/c1-8(15)11(6-12(16)17)14-7-9-2-4-10(13)5-3-9/h2-5,11,14H,6-7H2,1H3,(H,16,17). The Hall–Kier alpha value is -1.75. The van der Waals surface area contributed by atoms with E-state index < -0.39 is 12.0 Å². The van der Waals surface area contributed by atoms with Crippen LogP contribution < -0.4 is 5.32 Å². The summed E-state index contributed by atoms with van der Waals surface area (Å²) in [6.07, 6.45) is -0.253. The van der Waals surface area contributed by atoms with Crippen LogP contribution in [0.2, 0.25) is 0 Å². The minimum absolute atomic E-state index is 0.227. The van der Waals surface area contributed by atoms with Crippen LogP contribution in [0.3, 0.4) is 0 Å². The summed E-state index contributed by atoms with van der Waals surface area (Å²) in [5.41, 5.74) is 0.794. The molecular weight excluding hydrogens is 225 g/mol. The van der Waals surface area contributed by atoms with Crippen LogP contribution >= 0.6 is 0 Å². The summed E-state index contributed by atoms with van der Waals surface area (Å²) < 4.78 is 12.6. The second-order valence-corrected chi connectivity index (χ2v) is 3.77. The predicted molar refractivity (Wildman–Crippen MR) is 60.0 cm³/mol. The van der Waals surface area contributed by atoms with Gasteiger partial charge in [0.2, 0.25) is 0 Å². The molecule has 1 unspecified atom stereocenters. The molecule has 0 aliphatic carbocycles. The van der Waals surface area contributed by atoms with E-state index in [-0.39, 0.29) is 18.0 Å². The third-order valence-electron chi connectivity index (χ3n) is 2.34. The molecular formula is C12H14FNO3. The number of hydrogen-bond acceptors (Lipinski definition) is 3. The molecule has 0 heterocycles. The van der Waals surface area contributed by atoms with Crippen LogP contribution in [-0.2, 0) is 16.1 Å². The number of nitrogens with one attached hydrogen (secondary N) is 1. The van der Waals surface area contributed by atoms with Crippen molar-refractivity contribution in [3.63, 3.8) is 0 Å². The summed E-state index contributed by atoms with van der Waals surface area (Å²) in [5, 5.41) is 11.5. The fraction of sp³-hybridized carbons (Fsp3) is 0.333. The Morgan fingerprint density at radius 1 is 1.35 bits per heavy atom. The van der Waals surface area contributed by atoms with Crippen LogP contribution in [0.15, 0.2) is 24.3 Å². The molecule has 1 rings (SSSR count). The lowest BCUT2D eigenvalue weighted by atomic mass is 10.1. The van der Waals surface area contributed by atoms with Crippen LogP contribution in [-0.4, -0.2) is 22.9 Å². The van der Waals surface area contributed by atoms with E-state index in [1.807, 2.05) is 0 Å². The van der Waals surface area contributed by atoms with Gasteiger partial charge >= 0.3 is 5.97 Å². The number of aliphatic carboxylic acids is 1. The van der Waals surface area contributed by atoms with Crippen molar-refractivity contribution in [2.24, 2.45) is 0 Å². The number of carbonyl (C=O) groups excluding carboxylic acids is 1. The molecule has 17 heavy (non-hydrogen) atoms. The number of carboxylic acids is 1. The van der Waals surface area contributed by atoms with E-state index >= 15 is 0 Å². The van der Waals surface area contributed by atoms with Crippen molar-refractivity contribution in [1.29, 1.82) is 0 Å². The summed E-state index contributed by atoms with van der Waals surface area (Å²) in [5.74, 6) is -1.59. The molecule has 5 heteroatoms. The normalized spacial score (nSPS) is 12.1. The number of ketones is 1. The lowest BCUT2D eigenvalue weighted by Crippen LogP contribution is -2.36. The van der Waals surface area contributed by atoms with Crippen molar-refractivity contribution in [3.05, 3.63) is 35.6 Å². The quantitative estimate of drug-likeness (QED) is 0.786. The van der Waals surface area contributed by atoms with Gasteiger partial charge in [0.25, 0.3) is 0 Å². The summed E-state index contributed by atoms with van der Waals surface area (Å²) in [4.78, 5) is 21.7. The molecule has 0 saturated heterocycles. The maximum Gasteiger partial charge on any atom is 0.305 e. The Balaban J connectivity index is 2.54. The van der Waals surface area contributed by atoms with Crippen LogP contribution in [0.1, 0.15) is 18.9 Å². The number of rotatable bonds is 6. The monoisotopic (exact) mass is 239 g/mol. The first-order chi connectivity index (χ1) is 7.99. The Labute approximate surface area is 98.5 Å². The number of carboxylic acid groups (broad SMARTS) is 1. The van der Waals surface area contributed by atoms with Gasteiger partial charge in [0.15, 0.2) is 0 Å². The van der Waals surface area contributed by atoms with Crippen LogP contribution in [0.4, 0.5) is 4.39 Å². The van der Waals surface area contributed by atoms with Gasteiger partial charge in [-0.2, -0.15) is 0 Å². The molecule has 0 aromatic heterocycles. The van der Waals surface area contributed by atoms with Gasteiger partial charge in [0, 0.05) is 6.54 Å². The molecule has 92 valence electrons. The lowest BCUT2D eigenvalue weighted by Gasteiger charge is -2.13. The number of halogens is 1. The third kappa shape index (κ3) is 4.74. The SMILES string of the molecule is CC(=O)C(CC(=O)O)NCc1ccc(F)cc1. The molecule has 0 fully saturated rings. The Kier molecular flexibility index (Phi) is 4.78. The van der Waals surface area contributed by atoms with Crippen LogP contribution in [0.25, 0.3) is 0 Å². The van der Waals surface area contributed by atoms with Crippen molar-refractivity contribution < 1.29 is 19.1 Å². The van der Waals surface area contributed by atoms with E-state index in [1.54, 1.807) is 12.1 Å². The van der Waals surface area contributed by atoms with Gasteiger partial charge in [0.1, 0.15) is 11.6 Å². The maximum atomic E-state index is 12.6. The smallest absolute Gasteiger partial charge is 0.305 e. The van der Waals surface area contributed by atoms with Gasteiger partial charge in [-0.1, -0.05) is 12.1 Å². The molecule has 0 bridgehead atoms. The lowest BCUT2D eigenvalue weighted by molar-refractivity contribution is -0.139. The first kappa shape index (κ1) is 13.3. The molecule has 0 aliphatic rings. The second kappa shape index (κ2) is 6.10. The number of benzene rings is 1. The Bertz CT molecular complexity index is 403. The summed E-state index contributed by atoms with van der Waals surface area (Å²) in [6.45, 7) is 1.67. The third-order valence-corrected chi connectivity index (χ3v) is 2.34. The van der Waals surface area contributed by atoms with Gasteiger partial charge in [-0.3, -0.25) is 9.59 Å². The van der Waals surface area contributed by atoms with E-state index in [2.05, 4.69) is 5.32 Å². The van der Waals surface area contributed by atoms with Crippen LogP contribution in [0.5, 0.6) is 0 Å². The molecule has 0 amide bonds. The van der Waals surface area contributed by atoms with Gasteiger partial charge in [-0.15, -0.1) is 0 Å². The fourth-order valence-electron chi connectivity index (χ4n) is 1.38. The summed E-state index contributed by atoms with van der Waals surface area (Å²) in [6, 6.07) is 5.09. The number of Topliss-reactive ketones (excluding diaryl/α,β-unsaturated/α-hetero) is 1. The minimum atomic E-state index is -1.03. The number of hydrogen-bond donors (Lipinski definition) is 2. The van der Waals surface area contributed by atoms with E-state index in [0.29, 0.717) is 6.54 Å². The zero-order valence-electron chi connectivity index (χ0n) is 9.44. The van der Waals surface area contributed by atoms with Gasteiger partial charge in [-0.25, -0.2) is 4.39 Å². The zero-order valence-corrected chi connectivity index (χ0v) is 9.44. The first-order valence-corrected chi connectivity index (χ1v) is 5.19. The molecule has 1 aromatic rings. The van der Waals surface area contributed by atoms with E-state index in [1.165, 1.54) is 19.1 Å². The first-order valence-electron chi connectivity index (χ1n) is 5.19. The van der Waals surface area contributed by atoms with Crippen LogP contribution in [0, 0.1) is 5.82 Å². The zero-order chi connectivity index (χ0) is 12.8. The van der Waals surface area contributed by atoms with Crippen molar-refractivity contribution in [1.82, 2.24) is 5.32 Å². The second-order valence-electron chi connectivity index (χ2n) is 3.77. The molecule has 1 aromatic carbocycles. The molecule has 2 N–H and O–H groups in total. The van der Waals surface area contributed by atoms with Crippen molar-refractivity contribution in [2.75, 3.05) is 0 Å². The Morgan fingerprint density at radius 2 is 1.94 bits per heavy atom. The Morgan fingerprint density at radius 3 is 2.41 bits per heavy atom. The molecule has 4 nitrogen and oxygen atoms in total. The van der Waals surface area contributed by atoms with Crippen molar-refractivity contribution >= 4 is 11.8 Å². The average Bonchev–Trinajstić information content (AvgIpc) is 2.25. The molecule has 1 atom stereocenters. The number of carbonyl (C=O) groups is 2. The minimum Gasteiger partial charge on any atom is -0.481 e. The van der Waals surface area contributed by atoms with E-state index in [9.17, 15) is 14.0 Å². The highest BCUT2D eigenvalue weighted by atomic mass is 19.1. The molecule has 0 saturated carbocycles. The van der Waals surface area contributed by atoms with Crippen molar-refractivity contribution in [2.45, 2.75) is 25.9 Å². The average molecular weight is 239 g/mol. The largest absolute Gasteiger partial charge is 0.481 e. The highest BCUT2D eigenvalue weighted by molar-refractivity contribution is 5.85. The summed E-state index contributed by atoms with van der Waals surface area (Å²) in [7, 11) is 0. The van der Waals surface area contributed by atoms with E-state index in [0.717, 1.165) is 5.56 Å². The highest BCUT2D eigenvalue weighted by Gasteiger charge is 2.16. The van der Waals surface area contributed by atoms with Gasteiger partial charge in [-0.05, 0) is 24.6 Å². The van der Waals surface area contributed by atoms with Gasteiger partial charge in [0.05, 0.1) is 12.5 Å². The maximum absolute atomic E-state index is 12.6. The molecule has 0 radical (unpaired) electrons. The fourth-order valence-corrected chi connectivity index (χ4v) is 1.38. The predicted octanol–water partition coefficient (Wildman–Crippen LogP) is 1.35. The molecule has 0 spiro atoms. The van der Waals surface area contributed by atoms with Crippen molar-refractivity contribution in [3.8, 4) is 0 Å². The topological polar surface area (TPSA) is 66.4 Å². The van der Waals surface area contributed by atoms with E-state index in [4.69, 9.17) is 5.11 Å². The summed E-state index contributed by atoms with van der Waals surface area (Å²) >= 11 is 0.